The predicted octanol–water partition coefficient (Wildman–Crippen LogP) is 4.99. The monoisotopic (exact) mass is 485 g/mol. The van der Waals surface area contributed by atoms with Gasteiger partial charge in [-0.2, -0.15) is 4.31 Å². The number of hydrogen-bond donors (Lipinski definition) is 0. The second-order valence-electron chi connectivity index (χ2n) is 7.45. The highest BCUT2D eigenvalue weighted by molar-refractivity contribution is 7.99. The zero-order valence-corrected chi connectivity index (χ0v) is 20.7. The van der Waals surface area contributed by atoms with Crippen molar-refractivity contribution < 1.29 is 12.8 Å². The summed E-state index contributed by atoms with van der Waals surface area (Å²) >= 11 is 1.51. The van der Waals surface area contributed by atoms with Crippen molar-refractivity contribution in [3.05, 3.63) is 54.4 Å². The van der Waals surface area contributed by atoms with E-state index in [2.05, 4.69) is 14.8 Å². The molecule has 1 atom stereocenters. The maximum atomic E-state index is 12.9. The number of benzene rings is 2. The molecule has 4 aromatic rings. The van der Waals surface area contributed by atoms with Crippen LogP contribution in [0.3, 0.4) is 0 Å². The minimum Gasteiger partial charge on any atom is -0.419 e. The number of imidazole rings is 1. The van der Waals surface area contributed by atoms with Crippen LogP contribution in [0.15, 0.2) is 63.0 Å². The molecule has 0 amide bonds. The van der Waals surface area contributed by atoms with E-state index < -0.39 is 10.0 Å². The highest BCUT2D eigenvalue weighted by atomic mass is 32.2. The van der Waals surface area contributed by atoms with Crippen molar-refractivity contribution >= 4 is 32.8 Å². The van der Waals surface area contributed by atoms with Gasteiger partial charge in [0.05, 0.1) is 21.2 Å². The number of sulfonamides is 1. The number of aromatic nitrogens is 4. The highest BCUT2D eigenvalue weighted by Gasteiger charge is 2.24. The summed E-state index contributed by atoms with van der Waals surface area (Å²) in [5.41, 5.74) is 2.41. The van der Waals surface area contributed by atoms with E-state index in [1.165, 1.54) is 16.1 Å². The number of hydrogen-bond acceptors (Lipinski definition) is 7. The summed E-state index contributed by atoms with van der Waals surface area (Å²) in [6.07, 6.45) is 0. The van der Waals surface area contributed by atoms with Gasteiger partial charge in [-0.25, -0.2) is 13.4 Å². The molecule has 0 aliphatic carbocycles. The molecule has 0 bridgehead atoms. The maximum Gasteiger partial charge on any atom is 0.247 e. The Balaban J connectivity index is 1.63. The summed E-state index contributed by atoms with van der Waals surface area (Å²) < 4.78 is 35.3. The van der Waals surface area contributed by atoms with Gasteiger partial charge in [0, 0.05) is 25.2 Å². The standard InChI is InChI=1S/C23H27N5O3S2/c1-5-27(6-2)33(29,30)18-13-14-20-19(15-18)24-23(28(20)7-3)32-16(4)21-25-26-22(31-21)17-11-9-8-10-12-17/h8-16H,5-7H2,1-4H3. The van der Waals surface area contributed by atoms with Gasteiger partial charge in [0.1, 0.15) is 0 Å². The minimum absolute atomic E-state index is 0.129. The number of fused-ring (bicyclic) bond motifs is 1. The molecule has 33 heavy (non-hydrogen) atoms. The van der Waals surface area contributed by atoms with Crippen LogP contribution in [0.1, 0.15) is 38.8 Å². The van der Waals surface area contributed by atoms with Gasteiger partial charge < -0.3 is 8.98 Å². The van der Waals surface area contributed by atoms with Crippen molar-refractivity contribution in [1.82, 2.24) is 24.1 Å². The van der Waals surface area contributed by atoms with Gasteiger partial charge in [-0.15, -0.1) is 10.2 Å². The molecule has 0 saturated carbocycles. The largest absolute Gasteiger partial charge is 0.419 e. The topological polar surface area (TPSA) is 94.1 Å². The molecule has 1 unspecified atom stereocenters. The lowest BCUT2D eigenvalue weighted by atomic mass is 10.2. The molecule has 10 heteroatoms. The average Bonchev–Trinajstić information content (AvgIpc) is 3.44. The molecule has 4 rings (SSSR count). The van der Waals surface area contributed by atoms with Crippen molar-refractivity contribution in [3.8, 4) is 11.5 Å². The van der Waals surface area contributed by atoms with E-state index in [9.17, 15) is 8.42 Å². The Bertz CT molecular complexity index is 1350. The Morgan fingerprint density at radius 2 is 1.79 bits per heavy atom. The van der Waals surface area contributed by atoms with Crippen LogP contribution < -0.4 is 0 Å². The van der Waals surface area contributed by atoms with Crippen LogP contribution in [-0.4, -0.2) is 45.6 Å². The Morgan fingerprint density at radius 3 is 2.45 bits per heavy atom. The van der Waals surface area contributed by atoms with Gasteiger partial charge in [-0.1, -0.05) is 43.8 Å². The molecular weight excluding hydrogens is 458 g/mol. The third-order valence-electron chi connectivity index (χ3n) is 5.44. The minimum atomic E-state index is -3.55. The Kier molecular flexibility index (Phi) is 6.87. The quantitative estimate of drug-likeness (QED) is 0.308. The smallest absolute Gasteiger partial charge is 0.247 e. The fourth-order valence-corrected chi connectivity index (χ4v) is 6.16. The lowest BCUT2D eigenvalue weighted by molar-refractivity contribution is 0.445. The van der Waals surface area contributed by atoms with E-state index >= 15 is 0 Å². The van der Waals surface area contributed by atoms with Crippen LogP contribution in [0.25, 0.3) is 22.5 Å². The predicted molar refractivity (Wildman–Crippen MR) is 130 cm³/mol. The van der Waals surface area contributed by atoms with Crippen LogP contribution in [0.5, 0.6) is 0 Å². The molecule has 2 aromatic carbocycles. The number of thioether (sulfide) groups is 1. The lowest BCUT2D eigenvalue weighted by Crippen LogP contribution is -2.30. The molecule has 2 aromatic heterocycles. The molecule has 0 N–H and O–H groups in total. The molecule has 0 aliphatic rings. The van der Waals surface area contributed by atoms with E-state index in [-0.39, 0.29) is 10.1 Å². The van der Waals surface area contributed by atoms with Crippen molar-refractivity contribution in [3.63, 3.8) is 0 Å². The lowest BCUT2D eigenvalue weighted by Gasteiger charge is -2.18. The van der Waals surface area contributed by atoms with E-state index in [1.54, 1.807) is 12.1 Å². The van der Waals surface area contributed by atoms with Gasteiger partial charge >= 0.3 is 0 Å². The Morgan fingerprint density at radius 1 is 1.06 bits per heavy atom. The second kappa shape index (κ2) is 9.66. The van der Waals surface area contributed by atoms with Crippen molar-refractivity contribution in [2.24, 2.45) is 0 Å². The molecule has 8 nitrogen and oxygen atoms in total. The zero-order chi connectivity index (χ0) is 23.6. The van der Waals surface area contributed by atoms with Crippen LogP contribution in [0.2, 0.25) is 0 Å². The van der Waals surface area contributed by atoms with Crippen molar-refractivity contribution in [2.45, 2.75) is 49.5 Å². The number of rotatable bonds is 9. The van der Waals surface area contributed by atoms with E-state index in [0.717, 1.165) is 16.2 Å². The average molecular weight is 486 g/mol. The summed E-state index contributed by atoms with van der Waals surface area (Å²) in [7, 11) is -3.55. The summed E-state index contributed by atoms with van der Waals surface area (Å²) in [5, 5.41) is 9.05. The van der Waals surface area contributed by atoms with E-state index in [0.29, 0.717) is 36.9 Å². The molecule has 0 aliphatic heterocycles. The normalized spacial score (nSPS) is 13.1. The highest BCUT2D eigenvalue weighted by Crippen LogP contribution is 2.36. The Labute approximate surface area is 198 Å². The molecule has 2 heterocycles. The number of aryl methyl sites for hydroxylation is 1. The first kappa shape index (κ1) is 23.5. The Hall–Kier alpha value is -2.69. The number of nitrogens with zero attached hydrogens (tertiary/aromatic N) is 5. The first-order chi connectivity index (χ1) is 15.9. The zero-order valence-electron chi connectivity index (χ0n) is 19.1. The van der Waals surface area contributed by atoms with Crippen LogP contribution in [0.4, 0.5) is 0 Å². The first-order valence-electron chi connectivity index (χ1n) is 10.9. The van der Waals surface area contributed by atoms with Crippen LogP contribution >= 0.6 is 11.8 Å². The summed E-state index contributed by atoms with van der Waals surface area (Å²) in [6, 6.07) is 14.8. The fraction of sp³-hybridized carbons (Fsp3) is 0.348. The van der Waals surface area contributed by atoms with Crippen LogP contribution in [-0.2, 0) is 16.6 Å². The molecule has 174 valence electrons. The molecule has 0 spiro atoms. The molecule has 0 fully saturated rings. The summed E-state index contributed by atoms with van der Waals surface area (Å²) in [5.74, 6) is 0.992. The van der Waals surface area contributed by atoms with Gasteiger partial charge in [0.15, 0.2) is 5.16 Å². The third kappa shape index (κ3) is 4.55. The van der Waals surface area contributed by atoms with Crippen LogP contribution in [0, 0.1) is 0 Å². The van der Waals surface area contributed by atoms with E-state index in [1.807, 2.05) is 64.1 Å². The van der Waals surface area contributed by atoms with Gasteiger partial charge in [-0.05, 0) is 44.2 Å². The SMILES string of the molecule is CCN(CC)S(=O)(=O)c1ccc2c(c1)nc(SC(C)c1nnc(-c3ccccc3)o1)n2CC. The third-order valence-corrected chi connectivity index (χ3v) is 8.56. The molecule has 0 radical (unpaired) electrons. The summed E-state index contributed by atoms with van der Waals surface area (Å²) in [4.78, 5) is 5.01. The summed E-state index contributed by atoms with van der Waals surface area (Å²) in [6.45, 7) is 9.25. The fourth-order valence-electron chi connectivity index (χ4n) is 3.66. The van der Waals surface area contributed by atoms with Crippen molar-refractivity contribution in [2.75, 3.05) is 13.1 Å². The molecule has 0 saturated heterocycles. The van der Waals surface area contributed by atoms with Crippen molar-refractivity contribution in [1.29, 1.82) is 0 Å². The van der Waals surface area contributed by atoms with Gasteiger partial charge in [0.2, 0.25) is 21.8 Å². The van der Waals surface area contributed by atoms with E-state index in [4.69, 9.17) is 9.40 Å². The van der Waals surface area contributed by atoms with Gasteiger partial charge in [-0.3, -0.25) is 0 Å². The second-order valence-corrected chi connectivity index (χ2v) is 10.7. The molecular formula is C23H27N5O3S2. The first-order valence-corrected chi connectivity index (χ1v) is 13.3. The van der Waals surface area contributed by atoms with Gasteiger partial charge in [0.25, 0.3) is 0 Å². The maximum absolute atomic E-state index is 12.9.